The van der Waals surface area contributed by atoms with Crippen molar-refractivity contribution in [2.24, 2.45) is 0 Å². The van der Waals surface area contributed by atoms with Crippen molar-refractivity contribution in [3.05, 3.63) is 30.3 Å². The van der Waals surface area contributed by atoms with E-state index in [1.165, 1.54) is 5.69 Å². The van der Waals surface area contributed by atoms with E-state index in [0.29, 0.717) is 12.6 Å². The van der Waals surface area contributed by atoms with Crippen LogP contribution in [0.25, 0.3) is 0 Å². The van der Waals surface area contributed by atoms with Gasteiger partial charge < -0.3 is 15.5 Å². The maximum absolute atomic E-state index is 11.7. The molecule has 1 heterocycles. The van der Waals surface area contributed by atoms with Crippen LogP contribution in [0.3, 0.4) is 0 Å². The third-order valence-electron chi connectivity index (χ3n) is 3.85. The number of para-hydroxylation sites is 1. The molecule has 1 fully saturated rings. The van der Waals surface area contributed by atoms with Gasteiger partial charge in [-0.2, -0.15) is 0 Å². The van der Waals surface area contributed by atoms with E-state index in [2.05, 4.69) is 39.8 Å². The molecule has 0 bridgehead atoms. The molecule has 1 aromatic carbocycles. The van der Waals surface area contributed by atoms with Gasteiger partial charge in [-0.25, -0.2) is 0 Å². The Kier molecular flexibility index (Phi) is 5.41. The Bertz CT molecular complexity index is 413. The Morgan fingerprint density at radius 3 is 2.55 bits per heavy atom. The van der Waals surface area contributed by atoms with Crippen LogP contribution >= 0.6 is 0 Å². The molecule has 1 atom stereocenters. The molecule has 0 aromatic heterocycles. The molecule has 0 spiro atoms. The Morgan fingerprint density at radius 2 is 1.95 bits per heavy atom. The molecule has 20 heavy (non-hydrogen) atoms. The van der Waals surface area contributed by atoms with Gasteiger partial charge in [0.05, 0.1) is 6.04 Å². The van der Waals surface area contributed by atoms with Crippen LogP contribution in [0.1, 0.15) is 26.7 Å². The summed E-state index contributed by atoms with van der Waals surface area (Å²) >= 11 is 0. The second-order valence-corrected chi connectivity index (χ2v) is 5.38. The maximum atomic E-state index is 11.7. The summed E-state index contributed by atoms with van der Waals surface area (Å²) in [6.07, 6.45) is 2.16. The monoisotopic (exact) mass is 275 g/mol. The van der Waals surface area contributed by atoms with Crippen LogP contribution in [0, 0.1) is 0 Å². The fourth-order valence-corrected chi connectivity index (χ4v) is 2.70. The van der Waals surface area contributed by atoms with Crippen molar-refractivity contribution in [2.75, 3.05) is 24.5 Å². The minimum Gasteiger partial charge on any atom is -0.371 e. The van der Waals surface area contributed by atoms with Crippen LogP contribution in [0.4, 0.5) is 5.69 Å². The molecular weight excluding hydrogens is 250 g/mol. The highest BCUT2D eigenvalue weighted by atomic mass is 16.2. The quantitative estimate of drug-likeness (QED) is 0.861. The molecule has 4 nitrogen and oxygen atoms in total. The first kappa shape index (κ1) is 14.9. The Morgan fingerprint density at radius 1 is 1.30 bits per heavy atom. The molecule has 1 saturated heterocycles. The number of carbonyl (C=O) groups is 1. The zero-order valence-electron chi connectivity index (χ0n) is 12.4. The van der Waals surface area contributed by atoms with Crippen LogP contribution in [0.2, 0.25) is 0 Å². The summed E-state index contributed by atoms with van der Waals surface area (Å²) < 4.78 is 0. The largest absolute Gasteiger partial charge is 0.371 e. The molecule has 110 valence electrons. The third-order valence-corrected chi connectivity index (χ3v) is 3.85. The Hall–Kier alpha value is -1.55. The van der Waals surface area contributed by atoms with Gasteiger partial charge in [-0.3, -0.25) is 4.79 Å². The molecule has 4 heteroatoms. The summed E-state index contributed by atoms with van der Waals surface area (Å²) in [6, 6.07) is 10.9. The number of rotatable bonds is 5. The van der Waals surface area contributed by atoms with Gasteiger partial charge in [0, 0.05) is 31.4 Å². The van der Waals surface area contributed by atoms with Gasteiger partial charge in [0.1, 0.15) is 0 Å². The van der Waals surface area contributed by atoms with Gasteiger partial charge in [-0.1, -0.05) is 18.2 Å². The van der Waals surface area contributed by atoms with Crippen LogP contribution in [0.5, 0.6) is 0 Å². The summed E-state index contributed by atoms with van der Waals surface area (Å²) in [5.74, 6) is 0.0954. The second kappa shape index (κ2) is 7.29. The van der Waals surface area contributed by atoms with Crippen LogP contribution in [0.15, 0.2) is 30.3 Å². The number of amides is 1. The summed E-state index contributed by atoms with van der Waals surface area (Å²) in [7, 11) is 0. The smallest absolute Gasteiger partial charge is 0.236 e. The van der Waals surface area contributed by atoms with Crippen molar-refractivity contribution in [2.45, 2.75) is 38.8 Å². The van der Waals surface area contributed by atoms with Crippen molar-refractivity contribution in [3.8, 4) is 0 Å². The molecule has 2 N–H and O–H groups in total. The molecule has 2 rings (SSSR count). The Balaban J connectivity index is 1.78. The molecule has 1 aromatic rings. The number of hydrogen-bond acceptors (Lipinski definition) is 3. The highest BCUT2D eigenvalue weighted by Gasteiger charge is 2.22. The van der Waals surface area contributed by atoms with Gasteiger partial charge in [0.15, 0.2) is 0 Å². The van der Waals surface area contributed by atoms with Gasteiger partial charge in [-0.15, -0.1) is 0 Å². The number of nitrogens with zero attached hydrogens (tertiary/aromatic N) is 1. The summed E-state index contributed by atoms with van der Waals surface area (Å²) in [5, 5.41) is 6.29. The van der Waals surface area contributed by atoms with Crippen LogP contribution < -0.4 is 15.5 Å². The van der Waals surface area contributed by atoms with Crippen molar-refractivity contribution in [1.82, 2.24) is 10.6 Å². The molecule has 0 radical (unpaired) electrons. The number of benzene rings is 1. The van der Waals surface area contributed by atoms with E-state index in [-0.39, 0.29) is 11.9 Å². The number of hydrogen-bond donors (Lipinski definition) is 2. The normalized spacial score (nSPS) is 17.8. The molecule has 1 aliphatic rings. The fourth-order valence-electron chi connectivity index (χ4n) is 2.70. The number of piperidine rings is 1. The zero-order chi connectivity index (χ0) is 14.4. The van der Waals surface area contributed by atoms with E-state index < -0.39 is 0 Å². The van der Waals surface area contributed by atoms with Crippen molar-refractivity contribution < 1.29 is 4.79 Å². The van der Waals surface area contributed by atoms with Gasteiger partial charge >= 0.3 is 0 Å². The van der Waals surface area contributed by atoms with E-state index in [1.54, 1.807) is 0 Å². The lowest BCUT2D eigenvalue weighted by molar-refractivity contribution is -0.122. The van der Waals surface area contributed by atoms with E-state index in [4.69, 9.17) is 0 Å². The number of anilines is 1. The summed E-state index contributed by atoms with van der Waals surface area (Å²) in [4.78, 5) is 14.1. The van der Waals surface area contributed by atoms with Crippen molar-refractivity contribution >= 4 is 11.6 Å². The number of carbonyl (C=O) groups excluding carboxylic acids is 1. The zero-order valence-corrected chi connectivity index (χ0v) is 12.4. The molecular formula is C16H25N3O. The van der Waals surface area contributed by atoms with Crippen molar-refractivity contribution in [1.29, 1.82) is 0 Å². The number of likely N-dealkylation sites (N-methyl/N-ethyl adjacent to an activating group) is 1. The average molecular weight is 275 g/mol. The van der Waals surface area contributed by atoms with Gasteiger partial charge in [0.25, 0.3) is 0 Å². The van der Waals surface area contributed by atoms with E-state index >= 15 is 0 Å². The van der Waals surface area contributed by atoms with Gasteiger partial charge in [0.2, 0.25) is 5.91 Å². The first-order valence-corrected chi connectivity index (χ1v) is 7.54. The molecule has 1 aliphatic heterocycles. The molecule has 1 unspecified atom stereocenters. The highest BCUT2D eigenvalue weighted by Crippen LogP contribution is 2.19. The van der Waals surface area contributed by atoms with Crippen LogP contribution in [-0.4, -0.2) is 37.6 Å². The minimum absolute atomic E-state index is 0.0954. The minimum atomic E-state index is -0.108. The first-order chi connectivity index (χ1) is 9.70. The van der Waals surface area contributed by atoms with E-state index in [9.17, 15) is 4.79 Å². The standard InChI is InChI=1S/C16H25N3O/c1-3-17-16(20)13(2)18-14-9-11-19(12-10-14)15-7-5-4-6-8-15/h4-8,13-14,18H,3,9-12H2,1-2H3,(H,17,20). The predicted octanol–water partition coefficient (Wildman–Crippen LogP) is 1.77. The summed E-state index contributed by atoms with van der Waals surface area (Å²) in [5.41, 5.74) is 1.29. The maximum Gasteiger partial charge on any atom is 0.236 e. The topological polar surface area (TPSA) is 44.4 Å². The lowest BCUT2D eigenvalue weighted by atomic mass is 10.0. The predicted molar refractivity (Wildman–Crippen MR) is 83.0 cm³/mol. The Labute approximate surface area is 121 Å². The average Bonchev–Trinajstić information content (AvgIpc) is 2.49. The lowest BCUT2D eigenvalue weighted by Gasteiger charge is -2.35. The van der Waals surface area contributed by atoms with Gasteiger partial charge in [-0.05, 0) is 38.8 Å². The summed E-state index contributed by atoms with van der Waals surface area (Å²) in [6.45, 7) is 6.67. The fraction of sp³-hybridized carbons (Fsp3) is 0.562. The molecule has 0 saturated carbocycles. The van der Waals surface area contributed by atoms with Crippen LogP contribution in [-0.2, 0) is 4.79 Å². The lowest BCUT2D eigenvalue weighted by Crippen LogP contribution is -2.50. The third kappa shape index (κ3) is 3.97. The second-order valence-electron chi connectivity index (χ2n) is 5.38. The van der Waals surface area contributed by atoms with Crippen molar-refractivity contribution in [3.63, 3.8) is 0 Å². The molecule has 1 amide bonds. The SMILES string of the molecule is CCNC(=O)C(C)NC1CCN(c2ccccc2)CC1. The first-order valence-electron chi connectivity index (χ1n) is 7.54. The van der Waals surface area contributed by atoms with E-state index in [0.717, 1.165) is 25.9 Å². The molecule has 0 aliphatic carbocycles. The van der Waals surface area contributed by atoms with E-state index in [1.807, 2.05) is 19.9 Å². The highest BCUT2D eigenvalue weighted by molar-refractivity contribution is 5.81. The number of nitrogens with one attached hydrogen (secondary N) is 2.